The number of hydrogen-bond acceptors (Lipinski definition) is 3. The number of carboxylic acid groups (broad SMARTS) is 1. The van der Waals surface area contributed by atoms with E-state index in [4.69, 9.17) is 10.4 Å². The highest BCUT2D eigenvalue weighted by molar-refractivity contribution is 5.92. The summed E-state index contributed by atoms with van der Waals surface area (Å²) in [4.78, 5) is 21.5. The van der Waals surface area contributed by atoms with E-state index >= 15 is 0 Å². The second-order valence-electron chi connectivity index (χ2n) is 3.50. The van der Waals surface area contributed by atoms with Gasteiger partial charge in [0.15, 0.2) is 0 Å². The summed E-state index contributed by atoms with van der Waals surface area (Å²) in [5.41, 5.74) is -1.29. The molecular weight excluding hydrogens is 170 g/mol. The molecule has 1 N–H and O–H groups in total. The van der Waals surface area contributed by atoms with E-state index in [-0.39, 0.29) is 12.3 Å². The van der Waals surface area contributed by atoms with Crippen molar-refractivity contribution >= 4 is 12.3 Å². The van der Waals surface area contributed by atoms with Crippen molar-refractivity contribution in [1.29, 1.82) is 5.26 Å². The molecule has 2 atom stereocenters. The zero-order chi connectivity index (χ0) is 9.90. The van der Waals surface area contributed by atoms with Crippen LogP contribution in [0.2, 0.25) is 0 Å². The molecule has 1 aliphatic carbocycles. The molecule has 0 aliphatic heterocycles. The highest BCUT2D eigenvalue weighted by atomic mass is 16.4. The Balaban J connectivity index is 2.83. The van der Waals surface area contributed by atoms with E-state index in [0.29, 0.717) is 25.5 Å². The lowest BCUT2D eigenvalue weighted by Crippen LogP contribution is -2.37. The third kappa shape index (κ3) is 1.69. The number of aliphatic carboxylic acids is 1. The monoisotopic (exact) mass is 181 g/mol. The van der Waals surface area contributed by atoms with Crippen molar-refractivity contribution < 1.29 is 14.7 Å². The number of carbonyl (C=O) groups excluding carboxylic acids is 1. The molecule has 1 fully saturated rings. The molecule has 0 heterocycles. The fourth-order valence-electron chi connectivity index (χ4n) is 1.77. The van der Waals surface area contributed by atoms with Crippen molar-refractivity contribution in [1.82, 2.24) is 0 Å². The van der Waals surface area contributed by atoms with Crippen molar-refractivity contribution in [2.24, 2.45) is 11.3 Å². The van der Waals surface area contributed by atoms with Crippen LogP contribution in [0, 0.1) is 22.7 Å². The van der Waals surface area contributed by atoms with Crippen molar-refractivity contribution in [3.8, 4) is 6.07 Å². The van der Waals surface area contributed by atoms with E-state index in [9.17, 15) is 9.59 Å². The van der Waals surface area contributed by atoms with Gasteiger partial charge < -0.3 is 9.90 Å². The van der Waals surface area contributed by atoms with Gasteiger partial charge in [0.2, 0.25) is 0 Å². The second-order valence-corrected chi connectivity index (χ2v) is 3.50. The largest absolute Gasteiger partial charge is 0.481 e. The van der Waals surface area contributed by atoms with E-state index in [1.807, 2.05) is 6.07 Å². The molecule has 0 spiro atoms. The van der Waals surface area contributed by atoms with Gasteiger partial charge >= 0.3 is 5.97 Å². The molecule has 4 nitrogen and oxygen atoms in total. The highest BCUT2D eigenvalue weighted by Gasteiger charge is 2.42. The normalized spacial score (nSPS) is 33.3. The Bertz CT molecular complexity index is 269. The van der Waals surface area contributed by atoms with Crippen molar-refractivity contribution in [2.75, 3.05) is 0 Å². The smallest absolute Gasteiger partial charge is 0.316 e. The van der Waals surface area contributed by atoms with Crippen LogP contribution in [0.1, 0.15) is 25.7 Å². The van der Waals surface area contributed by atoms with Crippen LogP contribution in [0.15, 0.2) is 0 Å². The van der Waals surface area contributed by atoms with Crippen LogP contribution in [-0.2, 0) is 9.59 Å². The number of nitriles is 1. The molecule has 0 aromatic heterocycles. The van der Waals surface area contributed by atoms with Crippen LogP contribution >= 0.6 is 0 Å². The van der Waals surface area contributed by atoms with Crippen molar-refractivity contribution in [3.05, 3.63) is 0 Å². The van der Waals surface area contributed by atoms with Gasteiger partial charge in [-0.1, -0.05) is 6.42 Å². The molecule has 2 unspecified atom stereocenters. The number of rotatable bonds is 2. The standard InChI is InChI=1S/C9H11NO3/c10-5-7-2-1-3-9(4-7,6-11)8(12)13/h6-7H,1-4H2,(H,12,13). The van der Waals surface area contributed by atoms with Crippen molar-refractivity contribution in [2.45, 2.75) is 25.7 Å². The molecule has 1 aliphatic rings. The van der Waals surface area contributed by atoms with Crippen LogP contribution in [-0.4, -0.2) is 17.4 Å². The second kappa shape index (κ2) is 3.56. The number of carbonyl (C=O) groups is 2. The lowest BCUT2D eigenvalue weighted by Gasteiger charge is -2.30. The van der Waals surface area contributed by atoms with E-state index in [2.05, 4.69) is 0 Å². The maximum Gasteiger partial charge on any atom is 0.316 e. The molecule has 13 heavy (non-hydrogen) atoms. The first-order chi connectivity index (χ1) is 6.14. The summed E-state index contributed by atoms with van der Waals surface area (Å²) in [7, 11) is 0. The molecule has 0 aromatic carbocycles. The Morgan fingerprint density at radius 3 is 2.85 bits per heavy atom. The molecular formula is C9H11NO3. The SMILES string of the molecule is N#CC1CCCC(C=O)(C(=O)O)C1. The maximum absolute atomic E-state index is 10.8. The average molecular weight is 181 g/mol. The lowest BCUT2D eigenvalue weighted by molar-refractivity contribution is -0.153. The van der Waals surface area contributed by atoms with E-state index in [0.717, 1.165) is 0 Å². The van der Waals surface area contributed by atoms with Gasteiger partial charge in [-0.3, -0.25) is 4.79 Å². The number of hydrogen-bond donors (Lipinski definition) is 1. The Hall–Kier alpha value is -1.37. The van der Waals surface area contributed by atoms with Crippen molar-refractivity contribution in [3.63, 3.8) is 0 Å². The van der Waals surface area contributed by atoms with E-state index in [1.54, 1.807) is 0 Å². The van der Waals surface area contributed by atoms with Crippen LogP contribution in [0.25, 0.3) is 0 Å². The third-order valence-corrected chi connectivity index (χ3v) is 2.62. The van der Waals surface area contributed by atoms with Crippen LogP contribution in [0.3, 0.4) is 0 Å². The number of carboxylic acids is 1. The fourth-order valence-corrected chi connectivity index (χ4v) is 1.77. The van der Waals surface area contributed by atoms with Crippen LogP contribution < -0.4 is 0 Å². The predicted molar refractivity (Wildman–Crippen MR) is 43.7 cm³/mol. The average Bonchev–Trinajstić information content (AvgIpc) is 2.17. The summed E-state index contributed by atoms with van der Waals surface area (Å²) in [6, 6.07) is 2.03. The molecule has 0 saturated heterocycles. The molecule has 1 saturated carbocycles. The van der Waals surface area contributed by atoms with Crippen LogP contribution in [0.5, 0.6) is 0 Å². The Morgan fingerprint density at radius 2 is 2.38 bits per heavy atom. The van der Waals surface area contributed by atoms with Gasteiger partial charge in [0.1, 0.15) is 11.7 Å². The molecule has 4 heteroatoms. The predicted octanol–water partition coefficient (Wildman–Crippen LogP) is 0.970. The summed E-state index contributed by atoms with van der Waals surface area (Å²) < 4.78 is 0. The van der Waals surface area contributed by atoms with Gasteiger partial charge in [0, 0.05) is 5.92 Å². The van der Waals surface area contributed by atoms with Gasteiger partial charge in [-0.2, -0.15) is 5.26 Å². The maximum atomic E-state index is 10.8. The van der Waals surface area contributed by atoms with Gasteiger partial charge in [0.25, 0.3) is 0 Å². The van der Waals surface area contributed by atoms with Crippen LogP contribution in [0.4, 0.5) is 0 Å². The molecule has 1 rings (SSSR count). The zero-order valence-electron chi connectivity index (χ0n) is 7.19. The lowest BCUT2D eigenvalue weighted by atomic mass is 9.71. The number of aldehydes is 1. The summed E-state index contributed by atoms with van der Waals surface area (Å²) in [5.74, 6) is -1.38. The minimum atomic E-state index is -1.29. The van der Waals surface area contributed by atoms with Gasteiger partial charge in [0.05, 0.1) is 6.07 Å². The molecule has 0 aromatic rings. The summed E-state index contributed by atoms with van der Waals surface area (Å²) in [5, 5.41) is 17.5. The third-order valence-electron chi connectivity index (χ3n) is 2.62. The molecule has 0 bridgehead atoms. The first-order valence-electron chi connectivity index (χ1n) is 4.24. The molecule has 70 valence electrons. The first-order valence-corrected chi connectivity index (χ1v) is 4.24. The van der Waals surface area contributed by atoms with Gasteiger partial charge in [-0.05, 0) is 19.3 Å². The minimum Gasteiger partial charge on any atom is -0.481 e. The molecule has 0 amide bonds. The highest BCUT2D eigenvalue weighted by Crippen LogP contribution is 2.37. The van der Waals surface area contributed by atoms with E-state index in [1.165, 1.54) is 0 Å². The fraction of sp³-hybridized carbons (Fsp3) is 0.667. The zero-order valence-corrected chi connectivity index (χ0v) is 7.19. The van der Waals surface area contributed by atoms with E-state index < -0.39 is 11.4 Å². The number of nitrogens with zero attached hydrogens (tertiary/aromatic N) is 1. The Morgan fingerprint density at radius 1 is 1.69 bits per heavy atom. The van der Waals surface area contributed by atoms with Gasteiger partial charge in [-0.25, -0.2) is 0 Å². The minimum absolute atomic E-state index is 0.169. The first kappa shape index (κ1) is 9.72. The Kier molecular flexibility index (Phi) is 2.66. The summed E-state index contributed by atoms with van der Waals surface area (Å²) in [6.45, 7) is 0. The molecule has 0 radical (unpaired) electrons. The summed E-state index contributed by atoms with van der Waals surface area (Å²) >= 11 is 0. The summed E-state index contributed by atoms with van der Waals surface area (Å²) in [6.07, 6.45) is 2.37. The van der Waals surface area contributed by atoms with Gasteiger partial charge in [-0.15, -0.1) is 0 Å². The quantitative estimate of drug-likeness (QED) is 0.508. The Labute approximate surface area is 76.2 Å². The topological polar surface area (TPSA) is 78.2 Å².